The normalized spacial score (nSPS) is 24.3. The highest BCUT2D eigenvalue weighted by Crippen LogP contribution is 2.26. The van der Waals surface area contributed by atoms with Gasteiger partial charge in [0, 0.05) is 26.5 Å². The third kappa shape index (κ3) is 6.41. The Kier molecular flexibility index (Phi) is 7.16. The molecule has 0 radical (unpaired) electrons. The first kappa shape index (κ1) is 22.6. The summed E-state index contributed by atoms with van der Waals surface area (Å²) in [5.41, 5.74) is 0.423. The number of esters is 3. The van der Waals surface area contributed by atoms with Gasteiger partial charge < -0.3 is 24.3 Å². The quantitative estimate of drug-likeness (QED) is 0.460. The van der Waals surface area contributed by atoms with E-state index in [0.717, 1.165) is 6.92 Å². The molecule has 2 rings (SSSR count). The molecule has 0 saturated carbocycles. The summed E-state index contributed by atoms with van der Waals surface area (Å²) in [4.78, 5) is 34.4. The first-order valence-corrected chi connectivity index (χ1v) is 10.0. The summed E-state index contributed by atoms with van der Waals surface area (Å²) in [7, 11) is -3.85. The predicted molar refractivity (Wildman–Crippen MR) is 97.8 cm³/mol. The van der Waals surface area contributed by atoms with Gasteiger partial charge in [0.2, 0.25) is 10.0 Å². The molecule has 0 amide bonds. The molecule has 1 aromatic rings. The molecule has 0 bridgehead atoms. The van der Waals surface area contributed by atoms with E-state index in [1.165, 1.54) is 38.1 Å². The van der Waals surface area contributed by atoms with Crippen LogP contribution in [0.1, 0.15) is 20.8 Å². The largest absolute Gasteiger partial charge is 0.456 e. The van der Waals surface area contributed by atoms with Crippen molar-refractivity contribution in [2.24, 2.45) is 5.14 Å². The second-order valence-electron chi connectivity index (χ2n) is 6.26. The smallest absolute Gasteiger partial charge is 0.303 e. The number of carbonyl (C=O) groups is 3. The molecular formula is C17H22N2O9S. The van der Waals surface area contributed by atoms with Crippen molar-refractivity contribution in [1.29, 1.82) is 0 Å². The lowest BCUT2D eigenvalue weighted by Gasteiger charge is -2.40. The van der Waals surface area contributed by atoms with Gasteiger partial charge in [-0.2, -0.15) is 0 Å². The van der Waals surface area contributed by atoms with Crippen molar-refractivity contribution < 1.29 is 41.7 Å². The number of primary sulfonamides is 1. The molecule has 1 aliphatic heterocycles. The van der Waals surface area contributed by atoms with Gasteiger partial charge in [-0.1, -0.05) is 0 Å². The third-order valence-electron chi connectivity index (χ3n) is 3.84. The van der Waals surface area contributed by atoms with Crippen LogP contribution < -0.4 is 10.5 Å². The van der Waals surface area contributed by atoms with Crippen LogP contribution in [0.3, 0.4) is 0 Å². The molecule has 12 heteroatoms. The summed E-state index contributed by atoms with van der Waals surface area (Å²) in [6, 6.07) is 5.44. The van der Waals surface area contributed by atoms with Crippen molar-refractivity contribution in [2.75, 3.05) is 11.9 Å². The van der Waals surface area contributed by atoms with Crippen LogP contribution in [0.15, 0.2) is 29.2 Å². The topological polar surface area (TPSA) is 160 Å². The summed E-state index contributed by atoms with van der Waals surface area (Å²) < 4.78 is 44.0. The number of benzene rings is 1. The maximum absolute atomic E-state index is 11.6. The standard InChI is InChI=1S/C17H22N2O9S/c1-9(20)26-14-8-25-17(16(28-11(3)22)15(14)27-10(2)21)19-12-4-6-13(7-5-12)29(18,23)24/h4-7,14-17,19H,8H2,1-3H3,(H2,18,23,24)/t14-,15+,16-,17-/m1/s1. The average Bonchev–Trinajstić information content (AvgIpc) is 2.58. The van der Waals surface area contributed by atoms with Gasteiger partial charge in [0.15, 0.2) is 24.5 Å². The van der Waals surface area contributed by atoms with Gasteiger partial charge in [-0.15, -0.1) is 0 Å². The Bertz CT molecular complexity index is 869. The highest BCUT2D eigenvalue weighted by molar-refractivity contribution is 7.89. The minimum absolute atomic E-state index is 0.0862. The number of sulfonamides is 1. The molecule has 29 heavy (non-hydrogen) atoms. The molecule has 1 saturated heterocycles. The molecule has 4 atom stereocenters. The average molecular weight is 430 g/mol. The molecule has 0 aliphatic carbocycles. The summed E-state index contributed by atoms with van der Waals surface area (Å²) in [6.45, 7) is 3.38. The Labute approximate surface area is 167 Å². The fourth-order valence-corrected chi connectivity index (χ4v) is 3.29. The van der Waals surface area contributed by atoms with Crippen molar-refractivity contribution in [1.82, 2.24) is 0 Å². The van der Waals surface area contributed by atoms with Gasteiger partial charge in [0.05, 0.1) is 11.5 Å². The Morgan fingerprint density at radius 2 is 1.48 bits per heavy atom. The van der Waals surface area contributed by atoms with Crippen molar-refractivity contribution in [3.05, 3.63) is 24.3 Å². The molecule has 1 fully saturated rings. The lowest BCUT2D eigenvalue weighted by atomic mass is 10.0. The van der Waals surface area contributed by atoms with E-state index in [0.29, 0.717) is 5.69 Å². The number of anilines is 1. The molecule has 1 aliphatic rings. The zero-order valence-electron chi connectivity index (χ0n) is 16.0. The van der Waals surface area contributed by atoms with E-state index in [2.05, 4.69) is 5.32 Å². The zero-order valence-corrected chi connectivity index (χ0v) is 16.8. The second kappa shape index (κ2) is 9.20. The molecule has 0 aromatic heterocycles. The van der Waals surface area contributed by atoms with Crippen molar-refractivity contribution >= 4 is 33.6 Å². The van der Waals surface area contributed by atoms with Crippen LogP contribution >= 0.6 is 0 Å². The lowest BCUT2D eigenvalue weighted by molar-refractivity contribution is -0.221. The van der Waals surface area contributed by atoms with Crippen LogP contribution in [-0.2, 0) is 43.4 Å². The fourth-order valence-electron chi connectivity index (χ4n) is 2.77. The van der Waals surface area contributed by atoms with Gasteiger partial charge >= 0.3 is 17.9 Å². The first-order valence-electron chi connectivity index (χ1n) is 8.50. The Hall–Kier alpha value is -2.70. The van der Waals surface area contributed by atoms with Gasteiger partial charge in [-0.25, -0.2) is 13.6 Å². The maximum Gasteiger partial charge on any atom is 0.303 e. The third-order valence-corrected chi connectivity index (χ3v) is 4.77. The Morgan fingerprint density at radius 1 is 0.966 bits per heavy atom. The molecule has 1 aromatic carbocycles. The first-order chi connectivity index (χ1) is 13.5. The fraction of sp³-hybridized carbons (Fsp3) is 0.471. The molecule has 0 spiro atoms. The Morgan fingerprint density at radius 3 is 1.97 bits per heavy atom. The summed E-state index contributed by atoms with van der Waals surface area (Å²) in [6.07, 6.45) is -4.22. The summed E-state index contributed by atoms with van der Waals surface area (Å²) >= 11 is 0. The van der Waals surface area contributed by atoms with E-state index in [1.807, 2.05) is 0 Å². The lowest BCUT2D eigenvalue weighted by Crippen LogP contribution is -2.59. The van der Waals surface area contributed by atoms with Gasteiger partial charge in [0.25, 0.3) is 0 Å². The number of nitrogens with two attached hydrogens (primary N) is 1. The van der Waals surface area contributed by atoms with Crippen LogP contribution in [-0.4, -0.2) is 57.5 Å². The van der Waals surface area contributed by atoms with E-state index >= 15 is 0 Å². The number of rotatable bonds is 6. The van der Waals surface area contributed by atoms with Crippen molar-refractivity contribution in [3.63, 3.8) is 0 Å². The highest BCUT2D eigenvalue weighted by atomic mass is 32.2. The number of ether oxygens (including phenoxy) is 4. The number of nitrogens with one attached hydrogen (secondary N) is 1. The number of hydrogen-bond acceptors (Lipinski definition) is 10. The maximum atomic E-state index is 11.6. The van der Waals surface area contributed by atoms with Crippen LogP contribution in [0.25, 0.3) is 0 Å². The highest BCUT2D eigenvalue weighted by Gasteiger charge is 2.46. The molecule has 1 heterocycles. The molecule has 11 nitrogen and oxygen atoms in total. The van der Waals surface area contributed by atoms with Crippen LogP contribution in [0, 0.1) is 0 Å². The van der Waals surface area contributed by atoms with Crippen LogP contribution in [0.5, 0.6) is 0 Å². The van der Waals surface area contributed by atoms with Gasteiger partial charge in [0.1, 0.15) is 0 Å². The van der Waals surface area contributed by atoms with Crippen LogP contribution in [0.2, 0.25) is 0 Å². The van der Waals surface area contributed by atoms with Gasteiger partial charge in [-0.05, 0) is 24.3 Å². The van der Waals surface area contributed by atoms with Crippen molar-refractivity contribution in [3.8, 4) is 0 Å². The molecule has 160 valence electrons. The van der Waals surface area contributed by atoms with E-state index in [4.69, 9.17) is 24.1 Å². The predicted octanol–water partition coefficient (Wildman–Crippen LogP) is -0.103. The van der Waals surface area contributed by atoms with Gasteiger partial charge in [-0.3, -0.25) is 14.4 Å². The zero-order chi connectivity index (χ0) is 21.8. The molecule has 3 N–H and O–H groups in total. The minimum atomic E-state index is -3.85. The van der Waals surface area contributed by atoms with E-state index < -0.39 is 52.5 Å². The number of carbonyl (C=O) groups excluding carboxylic acids is 3. The monoisotopic (exact) mass is 430 g/mol. The van der Waals surface area contributed by atoms with Crippen LogP contribution in [0.4, 0.5) is 5.69 Å². The van der Waals surface area contributed by atoms with E-state index in [1.54, 1.807) is 0 Å². The van der Waals surface area contributed by atoms with E-state index in [9.17, 15) is 22.8 Å². The second-order valence-corrected chi connectivity index (χ2v) is 7.83. The minimum Gasteiger partial charge on any atom is -0.456 e. The molecular weight excluding hydrogens is 408 g/mol. The van der Waals surface area contributed by atoms with Crippen molar-refractivity contribution in [2.45, 2.75) is 50.2 Å². The summed E-state index contributed by atoms with van der Waals surface area (Å²) in [5, 5.41) is 7.99. The van der Waals surface area contributed by atoms with E-state index in [-0.39, 0.29) is 11.5 Å². The Balaban J connectivity index is 2.28. The molecule has 0 unspecified atom stereocenters. The number of hydrogen-bond donors (Lipinski definition) is 2. The summed E-state index contributed by atoms with van der Waals surface area (Å²) in [5.74, 6) is -1.96. The SMILES string of the molecule is CC(=O)O[C@@H]1[C@@H](OC(C)=O)[C@H](OC(C)=O)CO[C@H]1Nc1ccc(S(N)(=O)=O)cc1.